The Morgan fingerprint density at radius 2 is 2.21 bits per heavy atom. The van der Waals surface area contributed by atoms with Crippen molar-refractivity contribution in [3.63, 3.8) is 0 Å². The molecule has 0 spiro atoms. The maximum absolute atomic E-state index is 13.6. The number of nitrogens with zero attached hydrogens (tertiary/aromatic N) is 1. The molecule has 0 radical (unpaired) electrons. The van der Waals surface area contributed by atoms with Crippen LogP contribution in [0.2, 0.25) is 0 Å². The maximum Gasteiger partial charge on any atom is 0.237 e. The molecule has 4 nitrogen and oxygen atoms in total. The normalized spacial score (nSPS) is 12.3. The average molecular weight is 268 g/mol. The zero-order valence-corrected chi connectivity index (χ0v) is 11.9. The van der Waals surface area contributed by atoms with Gasteiger partial charge < -0.3 is 10.1 Å². The third kappa shape index (κ3) is 4.21. The summed E-state index contributed by atoms with van der Waals surface area (Å²) in [6, 6.07) is 4.56. The van der Waals surface area contributed by atoms with Gasteiger partial charge in [0.1, 0.15) is 0 Å². The van der Waals surface area contributed by atoms with Crippen molar-refractivity contribution in [1.82, 2.24) is 10.2 Å². The van der Waals surface area contributed by atoms with Crippen molar-refractivity contribution < 1.29 is 13.9 Å². The molecule has 0 bridgehead atoms. The summed E-state index contributed by atoms with van der Waals surface area (Å²) in [6.45, 7) is 4.81. The summed E-state index contributed by atoms with van der Waals surface area (Å²) in [5, 5.41) is 2.77. The van der Waals surface area contributed by atoms with Crippen molar-refractivity contribution in [2.45, 2.75) is 26.4 Å². The lowest BCUT2D eigenvalue weighted by molar-refractivity contribution is -0.125. The summed E-state index contributed by atoms with van der Waals surface area (Å²) in [4.78, 5) is 13.6. The number of ether oxygens (including phenoxy) is 1. The number of likely N-dealkylation sites (N-methyl/N-ethyl adjacent to an activating group) is 2. The second kappa shape index (κ2) is 7.09. The molecule has 0 fully saturated rings. The molecular weight excluding hydrogens is 247 g/mol. The van der Waals surface area contributed by atoms with Gasteiger partial charge >= 0.3 is 0 Å². The van der Waals surface area contributed by atoms with Gasteiger partial charge in [-0.05, 0) is 38.6 Å². The molecule has 5 heteroatoms. The third-order valence-corrected chi connectivity index (χ3v) is 3.04. The summed E-state index contributed by atoms with van der Waals surface area (Å²) in [7, 11) is 3.27. The number of benzene rings is 1. The second-order valence-electron chi connectivity index (χ2n) is 4.45. The molecule has 1 amide bonds. The SMILES string of the molecule is CCNC(=O)[C@@H](C)N(C)Cc1ccc(OC)c(F)c1. The number of halogens is 1. The molecule has 0 aliphatic carbocycles. The van der Waals surface area contributed by atoms with Gasteiger partial charge in [-0.25, -0.2) is 4.39 Å². The first-order chi connectivity index (χ1) is 8.99. The topological polar surface area (TPSA) is 41.6 Å². The number of methoxy groups -OCH3 is 1. The Hall–Kier alpha value is -1.62. The van der Waals surface area contributed by atoms with Gasteiger partial charge in [-0.15, -0.1) is 0 Å². The zero-order chi connectivity index (χ0) is 14.4. The van der Waals surface area contributed by atoms with Gasteiger partial charge in [0.05, 0.1) is 13.2 Å². The van der Waals surface area contributed by atoms with Crippen LogP contribution in [0, 0.1) is 5.82 Å². The van der Waals surface area contributed by atoms with E-state index >= 15 is 0 Å². The van der Waals surface area contributed by atoms with Gasteiger partial charge in [-0.3, -0.25) is 9.69 Å². The van der Waals surface area contributed by atoms with Gasteiger partial charge in [0.25, 0.3) is 0 Å². The van der Waals surface area contributed by atoms with E-state index in [4.69, 9.17) is 4.74 Å². The van der Waals surface area contributed by atoms with Crippen LogP contribution in [0.15, 0.2) is 18.2 Å². The van der Waals surface area contributed by atoms with Gasteiger partial charge in [-0.1, -0.05) is 6.07 Å². The summed E-state index contributed by atoms with van der Waals surface area (Å²) in [5.74, 6) is -0.193. The fourth-order valence-electron chi connectivity index (χ4n) is 1.76. The van der Waals surface area contributed by atoms with Crippen LogP contribution >= 0.6 is 0 Å². The average Bonchev–Trinajstić information content (AvgIpc) is 2.38. The van der Waals surface area contributed by atoms with Crippen molar-refractivity contribution >= 4 is 5.91 Å². The summed E-state index contributed by atoms with van der Waals surface area (Å²) < 4.78 is 18.4. The fourth-order valence-corrected chi connectivity index (χ4v) is 1.76. The molecule has 1 rings (SSSR count). The van der Waals surface area contributed by atoms with Crippen molar-refractivity contribution in [3.8, 4) is 5.75 Å². The zero-order valence-electron chi connectivity index (χ0n) is 11.9. The van der Waals surface area contributed by atoms with E-state index in [1.807, 2.05) is 25.8 Å². The van der Waals surface area contributed by atoms with E-state index in [0.29, 0.717) is 13.1 Å². The number of carbonyl (C=O) groups excluding carboxylic acids is 1. The molecule has 0 saturated carbocycles. The van der Waals surface area contributed by atoms with E-state index < -0.39 is 0 Å². The lowest BCUT2D eigenvalue weighted by atomic mass is 10.1. The first-order valence-electron chi connectivity index (χ1n) is 6.30. The van der Waals surface area contributed by atoms with E-state index in [2.05, 4.69) is 5.32 Å². The van der Waals surface area contributed by atoms with Crippen LogP contribution in [0.5, 0.6) is 5.75 Å². The van der Waals surface area contributed by atoms with E-state index in [-0.39, 0.29) is 23.5 Å². The Labute approximate surface area is 113 Å². The van der Waals surface area contributed by atoms with Gasteiger partial charge in [0, 0.05) is 13.1 Å². The monoisotopic (exact) mass is 268 g/mol. The Balaban J connectivity index is 2.68. The Kier molecular flexibility index (Phi) is 5.76. The van der Waals surface area contributed by atoms with Crippen LogP contribution in [0.25, 0.3) is 0 Å². The Morgan fingerprint density at radius 3 is 2.74 bits per heavy atom. The molecule has 1 aromatic carbocycles. The van der Waals surface area contributed by atoms with Crippen molar-refractivity contribution in [2.24, 2.45) is 0 Å². The molecule has 0 aromatic heterocycles. The standard InChI is InChI=1S/C14H21FN2O2/c1-5-16-14(18)10(2)17(3)9-11-6-7-13(19-4)12(15)8-11/h6-8,10H,5,9H2,1-4H3,(H,16,18)/t10-/m1/s1. The lowest BCUT2D eigenvalue weighted by Gasteiger charge is -2.23. The molecule has 0 heterocycles. The number of hydrogen-bond donors (Lipinski definition) is 1. The highest BCUT2D eigenvalue weighted by Gasteiger charge is 2.17. The minimum atomic E-state index is -0.390. The van der Waals surface area contributed by atoms with Crippen LogP contribution in [-0.2, 0) is 11.3 Å². The van der Waals surface area contributed by atoms with Gasteiger partial charge in [0.15, 0.2) is 11.6 Å². The van der Waals surface area contributed by atoms with E-state index in [0.717, 1.165) is 5.56 Å². The predicted molar refractivity (Wildman–Crippen MR) is 72.6 cm³/mol. The third-order valence-electron chi connectivity index (χ3n) is 3.04. The van der Waals surface area contributed by atoms with Crippen LogP contribution in [0.1, 0.15) is 19.4 Å². The molecule has 0 unspecified atom stereocenters. The van der Waals surface area contributed by atoms with E-state index in [1.54, 1.807) is 12.1 Å². The highest BCUT2D eigenvalue weighted by Crippen LogP contribution is 2.18. The van der Waals surface area contributed by atoms with Crippen LogP contribution < -0.4 is 10.1 Å². The first kappa shape index (κ1) is 15.4. The quantitative estimate of drug-likeness (QED) is 0.855. The highest BCUT2D eigenvalue weighted by atomic mass is 19.1. The van der Waals surface area contributed by atoms with Crippen molar-refractivity contribution in [1.29, 1.82) is 0 Å². The molecule has 1 aromatic rings. The largest absolute Gasteiger partial charge is 0.494 e. The minimum Gasteiger partial charge on any atom is -0.494 e. The van der Waals surface area contributed by atoms with Gasteiger partial charge in [-0.2, -0.15) is 0 Å². The van der Waals surface area contributed by atoms with Crippen LogP contribution in [-0.4, -0.2) is 37.6 Å². The molecule has 0 aliphatic heterocycles. The summed E-state index contributed by atoms with van der Waals surface area (Å²) in [6.07, 6.45) is 0. The molecule has 1 N–H and O–H groups in total. The van der Waals surface area contributed by atoms with Gasteiger partial charge in [0.2, 0.25) is 5.91 Å². The van der Waals surface area contributed by atoms with Crippen LogP contribution in [0.3, 0.4) is 0 Å². The summed E-state index contributed by atoms with van der Waals surface area (Å²) in [5.41, 5.74) is 0.803. The van der Waals surface area contributed by atoms with E-state index in [1.165, 1.54) is 13.2 Å². The Bertz CT molecular complexity index is 437. The molecule has 1 atom stereocenters. The second-order valence-corrected chi connectivity index (χ2v) is 4.45. The number of nitrogens with one attached hydrogen (secondary N) is 1. The van der Waals surface area contributed by atoms with Crippen molar-refractivity contribution in [2.75, 3.05) is 20.7 Å². The predicted octanol–water partition coefficient (Wildman–Crippen LogP) is 1.79. The summed E-state index contributed by atoms with van der Waals surface area (Å²) >= 11 is 0. The highest BCUT2D eigenvalue weighted by molar-refractivity contribution is 5.81. The molecule has 106 valence electrons. The van der Waals surface area contributed by atoms with Crippen molar-refractivity contribution in [3.05, 3.63) is 29.6 Å². The minimum absolute atomic E-state index is 0.0287. The molecular formula is C14H21FN2O2. The molecule has 0 saturated heterocycles. The number of carbonyl (C=O) groups is 1. The number of rotatable bonds is 6. The number of hydrogen-bond acceptors (Lipinski definition) is 3. The molecule has 19 heavy (non-hydrogen) atoms. The number of amides is 1. The fraction of sp³-hybridized carbons (Fsp3) is 0.500. The smallest absolute Gasteiger partial charge is 0.237 e. The lowest BCUT2D eigenvalue weighted by Crippen LogP contribution is -2.42. The first-order valence-corrected chi connectivity index (χ1v) is 6.30. The van der Waals surface area contributed by atoms with E-state index in [9.17, 15) is 9.18 Å². The Morgan fingerprint density at radius 1 is 1.53 bits per heavy atom. The van der Waals surface area contributed by atoms with Crippen LogP contribution in [0.4, 0.5) is 4.39 Å². The maximum atomic E-state index is 13.6. The molecule has 0 aliphatic rings.